The maximum absolute atomic E-state index is 13.1. The van der Waals surface area contributed by atoms with Crippen molar-refractivity contribution in [1.29, 1.82) is 0 Å². The first kappa shape index (κ1) is 20.1. The Balaban J connectivity index is 1.63. The number of allylic oxidation sites excluding steroid dienone is 3. The van der Waals surface area contributed by atoms with E-state index in [0.29, 0.717) is 30.7 Å². The van der Waals surface area contributed by atoms with Gasteiger partial charge in [-0.05, 0) is 48.8 Å². The number of hydrogen-bond acceptors (Lipinski definition) is 7. The van der Waals surface area contributed by atoms with Gasteiger partial charge in [-0.2, -0.15) is 0 Å². The molecule has 7 nitrogen and oxygen atoms in total. The number of aliphatic hydroxyl groups excluding tert-OH is 3. The first-order valence-electron chi connectivity index (χ1n) is 10.8. The number of ketones is 2. The second-order valence-corrected chi connectivity index (χ2v) is 10.2. The zero-order valence-electron chi connectivity index (χ0n) is 17.5. The molecule has 1 heterocycles. The van der Waals surface area contributed by atoms with E-state index in [1.807, 2.05) is 19.9 Å². The van der Waals surface area contributed by atoms with Gasteiger partial charge in [0.1, 0.15) is 12.7 Å². The summed E-state index contributed by atoms with van der Waals surface area (Å²) in [7, 11) is 0. The van der Waals surface area contributed by atoms with Crippen LogP contribution in [0.15, 0.2) is 28.8 Å². The molecule has 0 aromatic rings. The molecule has 5 aliphatic rings. The lowest BCUT2D eigenvalue weighted by Crippen LogP contribution is -2.63. The van der Waals surface area contributed by atoms with Crippen molar-refractivity contribution in [1.82, 2.24) is 0 Å². The van der Waals surface area contributed by atoms with Crippen LogP contribution < -0.4 is 0 Å². The standard InChI is InChI=1S/C23H29NO6/c1-11-24-23(18(29)10-25)19(30-11)8-14-13-7-16(27)15-6-12(26)4-5-21(15,2)20(13)17(28)9-22(14,23)3/h4-6,13-14,16-17,19-20,25,27-28H,7-10H2,1-3H3/t13-,14+,16-,17-,19?,20-,21-,22-,23?/m0/s1. The monoisotopic (exact) mass is 415 g/mol. The van der Waals surface area contributed by atoms with Crippen LogP contribution in [-0.2, 0) is 14.3 Å². The highest BCUT2D eigenvalue weighted by atomic mass is 16.5. The van der Waals surface area contributed by atoms with E-state index in [1.165, 1.54) is 12.2 Å². The van der Waals surface area contributed by atoms with Gasteiger partial charge >= 0.3 is 0 Å². The van der Waals surface area contributed by atoms with E-state index in [9.17, 15) is 24.9 Å². The van der Waals surface area contributed by atoms with E-state index >= 15 is 0 Å². The SMILES string of the molecule is CC1=NC2(C(=O)CO)C(C[C@@H]3[C@@H]4C[C@H](O)C5=CC(=O)C=C[C@]5(C)[C@@H]4[C@@H](O)C[C@@]32C)O1. The summed E-state index contributed by atoms with van der Waals surface area (Å²) in [5, 5.41) is 32.2. The fraction of sp³-hybridized carbons (Fsp3) is 0.696. The summed E-state index contributed by atoms with van der Waals surface area (Å²) in [6, 6.07) is 0. The van der Waals surface area contributed by atoms with Crippen LogP contribution in [0.1, 0.15) is 40.0 Å². The van der Waals surface area contributed by atoms with Crippen molar-refractivity contribution < 1.29 is 29.6 Å². The zero-order chi connectivity index (χ0) is 21.6. The molecule has 3 N–H and O–H groups in total. The number of rotatable bonds is 2. The van der Waals surface area contributed by atoms with Crippen molar-refractivity contribution >= 4 is 17.5 Å². The molecule has 30 heavy (non-hydrogen) atoms. The topological polar surface area (TPSA) is 116 Å². The normalized spacial score (nSPS) is 51.2. The van der Waals surface area contributed by atoms with Gasteiger partial charge < -0.3 is 20.1 Å². The largest absolute Gasteiger partial charge is 0.475 e. The molecule has 7 heteroatoms. The van der Waals surface area contributed by atoms with Crippen LogP contribution in [0.25, 0.3) is 0 Å². The molecule has 9 atom stereocenters. The molecule has 0 saturated heterocycles. The summed E-state index contributed by atoms with van der Waals surface area (Å²) in [6.07, 6.45) is 4.23. The van der Waals surface area contributed by atoms with Crippen molar-refractivity contribution in [2.75, 3.05) is 6.61 Å². The van der Waals surface area contributed by atoms with Crippen molar-refractivity contribution in [3.63, 3.8) is 0 Å². The fourth-order valence-corrected chi connectivity index (χ4v) is 7.86. The molecule has 0 amide bonds. The van der Waals surface area contributed by atoms with Gasteiger partial charge in [0.15, 0.2) is 23.0 Å². The first-order valence-corrected chi connectivity index (χ1v) is 10.8. The van der Waals surface area contributed by atoms with Crippen LogP contribution in [0.5, 0.6) is 0 Å². The Morgan fingerprint density at radius 3 is 2.73 bits per heavy atom. The van der Waals surface area contributed by atoms with Gasteiger partial charge in [-0.15, -0.1) is 0 Å². The lowest BCUT2D eigenvalue weighted by Gasteiger charge is -2.60. The molecule has 1 aliphatic heterocycles. The third kappa shape index (κ3) is 2.18. The summed E-state index contributed by atoms with van der Waals surface area (Å²) in [5.41, 5.74) is -1.85. The summed E-state index contributed by atoms with van der Waals surface area (Å²) in [6.45, 7) is 5.06. The number of carbonyl (C=O) groups excluding carboxylic acids is 2. The molecule has 3 saturated carbocycles. The highest BCUT2D eigenvalue weighted by molar-refractivity contribution is 6.01. The van der Waals surface area contributed by atoms with Gasteiger partial charge in [0.2, 0.25) is 0 Å². The minimum absolute atomic E-state index is 0.0118. The Bertz CT molecular complexity index is 923. The van der Waals surface area contributed by atoms with Crippen LogP contribution >= 0.6 is 0 Å². The van der Waals surface area contributed by atoms with Gasteiger partial charge in [0.05, 0.1) is 12.2 Å². The maximum Gasteiger partial charge on any atom is 0.190 e. The van der Waals surface area contributed by atoms with Crippen molar-refractivity contribution in [3.05, 3.63) is 23.8 Å². The smallest absolute Gasteiger partial charge is 0.190 e. The lowest BCUT2D eigenvalue weighted by atomic mass is 9.45. The van der Waals surface area contributed by atoms with Crippen LogP contribution in [-0.4, -0.2) is 63.2 Å². The molecular formula is C23H29NO6. The van der Waals surface area contributed by atoms with E-state index in [1.54, 1.807) is 6.92 Å². The summed E-state index contributed by atoms with van der Waals surface area (Å²) >= 11 is 0. The molecule has 0 aromatic carbocycles. The summed E-state index contributed by atoms with van der Waals surface area (Å²) < 4.78 is 5.96. The van der Waals surface area contributed by atoms with Crippen molar-refractivity contribution in [2.45, 2.75) is 63.9 Å². The van der Waals surface area contributed by atoms with Crippen molar-refractivity contribution in [3.8, 4) is 0 Å². The molecule has 2 unspecified atom stereocenters. The van der Waals surface area contributed by atoms with Crippen molar-refractivity contribution in [2.24, 2.45) is 33.6 Å². The van der Waals surface area contributed by atoms with Gasteiger partial charge in [0.25, 0.3) is 0 Å². The van der Waals surface area contributed by atoms with Crippen LogP contribution in [0.3, 0.4) is 0 Å². The third-order valence-corrected chi connectivity index (χ3v) is 8.92. The van der Waals surface area contributed by atoms with E-state index in [-0.39, 0.29) is 29.3 Å². The van der Waals surface area contributed by atoms with E-state index < -0.39 is 41.3 Å². The number of aliphatic imine (C=N–C) groups is 1. The Labute approximate surface area is 175 Å². The molecule has 0 radical (unpaired) electrons. The Kier molecular flexibility index (Phi) is 4.09. The minimum atomic E-state index is -1.21. The molecule has 4 aliphatic carbocycles. The number of nitrogens with zero attached hydrogens (tertiary/aromatic N) is 1. The number of carbonyl (C=O) groups is 2. The molecule has 0 bridgehead atoms. The number of ether oxygens (including phenoxy) is 1. The molecular weight excluding hydrogens is 386 g/mol. The van der Waals surface area contributed by atoms with E-state index in [4.69, 9.17) is 4.74 Å². The summed E-state index contributed by atoms with van der Waals surface area (Å²) in [4.78, 5) is 29.7. The van der Waals surface area contributed by atoms with Gasteiger partial charge in [-0.25, -0.2) is 4.99 Å². The third-order valence-electron chi connectivity index (χ3n) is 8.92. The predicted molar refractivity (Wildman–Crippen MR) is 108 cm³/mol. The molecule has 0 aromatic heterocycles. The minimum Gasteiger partial charge on any atom is -0.475 e. The van der Waals surface area contributed by atoms with Gasteiger partial charge in [-0.1, -0.05) is 19.9 Å². The molecule has 3 fully saturated rings. The lowest BCUT2D eigenvalue weighted by molar-refractivity contribution is -0.150. The van der Waals surface area contributed by atoms with Gasteiger partial charge in [0, 0.05) is 23.7 Å². The number of fused-ring (bicyclic) bond motifs is 7. The molecule has 5 rings (SSSR count). The predicted octanol–water partition coefficient (Wildman–Crippen LogP) is 0.963. The fourth-order valence-electron chi connectivity index (χ4n) is 7.86. The summed E-state index contributed by atoms with van der Waals surface area (Å²) in [5.74, 6) is -0.334. The van der Waals surface area contributed by atoms with E-state index in [0.717, 1.165) is 0 Å². The number of Topliss-reactive ketones (excluding diaryl/α,β-unsaturated/α-hetero) is 1. The maximum atomic E-state index is 13.1. The zero-order valence-corrected chi connectivity index (χ0v) is 17.5. The van der Waals surface area contributed by atoms with Crippen LogP contribution in [0.2, 0.25) is 0 Å². The second-order valence-electron chi connectivity index (χ2n) is 10.2. The first-order chi connectivity index (χ1) is 14.1. The Hall–Kier alpha value is -1.83. The highest BCUT2D eigenvalue weighted by Crippen LogP contribution is 2.69. The highest BCUT2D eigenvalue weighted by Gasteiger charge is 2.74. The quantitative estimate of drug-likeness (QED) is 0.619. The van der Waals surface area contributed by atoms with Crippen LogP contribution in [0.4, 0.5) is 0 Å². The van der Waals surface area contributed by atoms with E-state index in [2.05, 4.69) is 4.99 Å². The number of hydrogen-bond donors (Lipinski definition) is 3. The van der Waals surface area contributed by atoms with Crippen LogP contribution in [0, 0.1) is 28.6 Å². The number of aliphatic hydroxyl groups is 3. The average Bonchev–Trinajstić information content (AvgIpc) is 3.13. The molecule has 0 spiro atoms. The Morgan fingerprint density at radius 2 is 2.03 bits per heavy atom. The second kappa shape index (κ2) is 6.11. The Morgan fingerprint density at radius 1 is 1.30 bits per heavy atom. The average molecular weight is 415 g/mol. The van der Waals surface area contributed by atoms with Gasteiger partial charge in [-0.3, -0.25) is 9.59 Å². The molecule has 162 valence electrons.